The molecule has 1 saturated heterocycles. The van der Waals surface area contributed by atoms with Crippen LogP contribution in [0.15, 0.2) is 36.5 Å². The first-order chi connectivity index (χ1) is 12.2. The van der Waals surface area contributed by atoms with Gasteiger partial charge in [-0.15, -0.1) is 0 Å². The zero-order valence-electron chi connectivity index (χ0n) is 14.9. The third kappa shape index (κ3) is 3.54. The molecule has 1 aliphatic heterocycles. The number of aromatic nitrogens is 2. The summed E-state index contributed by atoms with van der Waals surface area (Å²) in [5.41, 5.74) is 1.70. The number of hydrogen-bond acceptors (Lipinski definition) is 4. The van der Waals surface area contributed by atoms with E-state index in [1.165, 1.54) is 0 Å². The minimum atomic E-state index is -0.309. The lowest BCUT2D eigenvalue weighted by molar-refractivity contribution is -0.127. The number of nitrogens with zero attached hydrogens (tertiary/aromatic N) is 2. The third-order valence-corrected chi connectivity index (χ3v) is 4.71. The molecule has 1 amide bonds. The van der Waals surface area contributed by atoms with Gasteiger partial charge in [0.2, 0.25) is 5.91 Å². The normalized spacial score (nSPS) is 21.1. The molecule has 3 atom stereocenters. The maximum absolute atomic E-state index is 12.6. The minimum absolute atomic E-state index is 0.0460. The number of carbonyl (C=O) groups excluding carboxylic acids is 1. The molecule has 25 heavy (non-hydrogen) atoms. The van der Waals surface area contributed by atoms with Gasteiger partial charge in [-0.2, -0.15) is 5.10 Å². The molecule has 6 nitrogen and oxygen atoms in total. The van der Waals surface area contributed by atoms with Crippen molar-refractivity contribution in [2.45, 2.75) is 38.8 Å². The summed E-state index contributed by atoms with van der Waals surface area (Å²) < 4.78 is 13.2. The lowest BCUT2D eigenvalue weighted by Gasteiger charge is -2.22. The Morgan fingerprint density at radius 3 is 3.00 bits per heavy atom. The first-order valence-corrected chi connectivity index (χ1v) is 8.75. The number of hydrogen-bond donors (Lipinski definition) is 1. The van der Waals surface area contributed by atoms with Gasteiger partial charge >= 0.3 is 0 Å². The maximum atomic E-state index is 12.6. The van der Waals surface area contributed by atoms with Gasteiger partial charge in [0.15, 0.2) is 0 Å². The van der Waals surface area contributed by atoms with Crippen LogP contribution in [0, 0.1) is 5.92 Å². The summed E-state index contributed by atoms with van der Waals surface area (Å²) in [6.07, 6.45) is 3.04. The van der Waals surface area contributed by atoms with Crippen molar-refractivity contribution in [2.24, 2.45) is 5.92 Å². The first-order valence-electron chi connectivity index (χ1n) is 8.75. The van der Waals surface area contributed by atoms with E-state index in [1.807, 2.05) is 37.3 Å². The molecule has 1 unspecified atom stereocenters. The lowest BCUT2D eigenvalue weighted by atomic mass is 9.97. The molecule has 0 saturated carbocycles. The van der Waals surface area contributed by atoms with Crippen molar-refractivity contribution in [3.8, 4) is 11.4 Å². The Morgan fingerprint density at radius 2 is 2.24 bits per heavy atom. The Hall–Kier alpha value is -2.34. The van der Waals surface area contributed by atoms with Crippen LogP contribution in [-0.4, -0.2) is 35.4 Å². The van der Waals surface area contributed by atoms with E-state index in [2.05, 4.69) is 17.3 Å². The van der Waals surface area contributed by atoms with Gasteiger partial charge in [0.05, 0.1) is 18.7 Å². The van der Waals surface area contributed by atoms with Crippen molar-refractivity contribution in [3.05, 3.63) is 42.2 Å². The molecule has 1 aliphatic rings. The fourth-order valence-corrected chi connectivity index (χ4v) is 3.14. The average molecular weight is 343 g/mol. The highest BCUT2D eigenvalue weighted by atomic mass is 16.5. The Labute approximate surface area is 148 Å². The van der Waals surface area contributed by atoms with E-state index in [1.54, 1.807) is 18.0 Å². The van der Waals surface area contributed by atoms with Gasteiger partial charge in [-0.05, 0) is 38.0 Å². The van der Waals surface area contributed by atoms with Crippen LogP contribution in [0.2, 0.25) is 0 Å². The molecule has 0 radical (unpaired) electrons. The van der Waals surface area contributed by atoms with Crippen LogP contribution in [0.4, 0.5) is 0 Å². The zero-order valence-corrected chi connectivity index (χ0v) is 14.9. The van der Waals surface area contributed by atoms with Gasteiger partial charge in [-0.3, -0.25) is 4.79 Å². The Morgan fingerprint density at radius 1 is 1.44 bits per heavy atom. The van der Waals surface area contributed by atoms with Crippen LogP contribution in [-0.2, 0) is 9.53 Å². The van der Waals surface area contributed by atoms with Crippen LogP contribution in [0.5, 0.6) is 5.75 Å². The Bertz CT molecular complexity index is 728. The van der Waals surface area contributed by atoms with Crippen molar-refractivity contribution in [3.63, 3.8) is 0 Å². The van der Waals surface area contributed by atoms with Crippen molar-refractivity contribution in [2.75, 3.05) is 13.7 Å². The molecule has 0 aliphatic carbocycles. The highest BCUT2D eigenvalue weighted by molar-refractivity contribution is 5.80. The summed E-state index contributed by atoms with van der Waals surface area (Å²) in [7, 11) is 1.64. The van der Waals surface area contributed by atoms with Gasteiger partial charge < -0.3 is 14.8 Å². The maximum Gasteiger partial charge on any atom is 0.226 e. The fraction of sp³-hybridized carbons (Fsp3) is 0.474. The number of nitrogens with one attached hydrogen (secondary N) is 1. The molecule has 1 aromatic carbocycles. The molecule has 6 heteroatoms. The van der Waals surface area contributed by atoms with Crippen molar-refractivity contribution >= 4 is 5.91 Å². The molecule has 1 aromatic heterocycles. The SMILES string of the molecule is CCC(C)NC(=O)[C@H]1CCO[C@@H]1c1ccnn1-c1ccccc1OC. The van der Waals surface area contributed by atoms with E-state index in [0.29, 0.717) is 13.0 Å². The van der Waals surface area contributed by atoms with Crippen LogP contribution in [0.3, 0.4) is 0 Å². The zero-order chi connectivity index (χ0) is 17.8. The number of methoxy groups -OCH3 is 1. The van der Waals surface area contributed by atoms with Gasteiger partial charge in [-0.25, -0.2) is 4.68 Å². The molecule has 134 valence electrons. The number of ether oxygens (including phenoxy) is 2. The molecule has 3 rings (SSSR count). The van der Waals surface area contributed by atoms with E-state index in [4.69, 9.17) is 9.47 Å². The predicted octanol–water partition coefficient (Wildman–Crippen LogP) is 2.87. The summed E-state index contributed by atoms with van der Waals surface area (Å²) in [6.45, 7) is 4.65. The standard InChI is InChI=1S/C19H25N3O3/c1-4-13(2)21-19(23)14-10-12-25-18(14)16-9-11-20-22(16)15-7-5-6-8-17(15)24-3/h5-9,11,13-14,18H,4,10,12H2,1-3H3,(H,21,23)/t13?,14-,18-/m0/s1. The minimum Gasteiger partial charge on any atom is -0.494 e. The fourth-order valence-electron chi connectivity index (χ4n) is 3.14. The second kappa shape index (κ2) is 7.70. The summed E-state index contributed by atoms with van der Waals surface area (Å²) in [4.78, 5) is 12.6. The van der Waals surface area contributed by atoms with Gasteiger partial charge in [0, 0.05) is 18.8 Å². The number of amides is 1. The second-order valence-electron chi connectivity index (χ2n) is 6.34. The first kappa shape index (κ1) is 17.5. The van der Waals surface area contributed by atoms with E-state index >= 15 is 0 Å². The average Bonchev–Trinajstić information content (AvgIpc) is 3.30. The summed E-state index contributed by atoms with van der Waals surface area (Å²) in [5.74, 6) is 0.565. The quantitative estimate of drug-likeness (QED) is 0.876. The highest BCUT2D eigenvalue weighted by Gasteiger charge is 2.37. The third-order valence-electron chi connectivity index (χ3n) is 4.71. The lowest BCUT2D eigenvalue weighted by Crippen LogP contribution is -2.38. The van der Waals surface area contributed by atoms with E-state index in [0.717, 1.165) is 23.6 Å². The Balaban J connectivity index is 1.90. The predicted molar refractivity (Wildman–Crippen MR) is 94.8 cm³/mol. The molecule has 2 heterocycles. The number of benzene rings is 1. The summed E-state index contributed by atoms with van der Waals surface area (Å²) in [6, 6.07) is 9.76. The van der Waals surface area contributed by atoms with Crippen molar-refractivity contribution in [1.29, 1.82) is 0 Å². The van der Waals surface area contributed by atoms with E-state index < -0.39 is 0 Å². The van der Waals surface area contributed by atoms with Gasteiger partial charge in [0.25, 0.3) is 0 Å². The molecule has 2 aromatic rings. The molecule has 0 bridgehead atoms. The van der Waals surface area contributed by atoms with E-state index in [9.17, 15) is 4.79 Å². The number of carbonyl (C=O) groups is 1. The van der Waals surface area contributed by atoms with Crippen LogP contribution >= 0.6 is 0 Å². The molecule has 0 spiro atoms. The molecule has 1 N–H and O–H groups in total. The van der Waals surface area contributed by atoms with Crippen LogP contribution in [0.25, 0.3) is 5.69 Å². The topological polar surface area (TPSA) is 65.4 Å². The van der Waals surface area contributed by atoms with Gasteiger partial charge in [-0.1, -0.05) is 19.1 Å². The number of rotatable bonds is 6. The largest absolute Gasteiger partial charge is 0.494 e. The molecular formula is C19H25N3O3. The monoisotopic (exact) mass is 343 g/mol. The Kier molecular flexibility index (Phi) is 5.38. The van der Waals surface area contributed by atoms with Crippen LogP contribution in [0.1, 0.15) is 38.5 Å². The second-order valence-corrected chi connectivity index (χ2v) is 6.34. The summed E-state index contributed by atoms with van der Waals surface area (Å²) >= 11 is 0. The highest BCUT2D eigenvalue weighted by Crippen LogP contribution is 2.36. The molecular weight excluding hydrogens is 318 g/mol. The number of para-hydroxylation sites is 2. The summed E-state index contributed by atoms with van der Waals surface area (Å²) in [5, 5.41) is 7.51. The van der Waals surface area contributed by atoms with Crippen LogP contribution < -0.4 is 10.1 Å². The van der Waals surface area contributed by atoms with Crippen molar-refractivity contribution < 1.29 is 14.3 Å². The van der Waals surface area contributed by atoms with E-state index in [-0.39, 0.29) is 24.0 Å². The van der Waals surface area contributed by atoms with Gasteiger partial charge in [0.1, 0.15) is 17.5 Å². The van der Waals surface area contributed by atoms with Crippen molar-refractivity contribution in [1.82, 2.24) is 15.1 Å². The molecule has 1 fully saturated rings. The smallest absolute Gasteiger partial charge is 0.226 e.